The van der Waals surface area contributed by atoms with E-state index in [0.29, 0.717) is 12.6 Å². The van der Waals surface area contributed by atoms with E-state index in [9.17, 15) is 0 Å². The molecule has 3 rings (SSSR count). The van der Waals surface area contributed by atoms with Crippen LogP contribution in [0.4, 0.5) is 0 Å². The van der Waals surface area contributed by atoms with Gasteiger partial charge in [-0.15, -0.1) is 0 Å². The topological polar surface area (TPSA) is 47.0 Å². The third-order valence-corrected chi connectivity index (χ3v) is 3.28. The molecule has 0 saturated heterocycles. The largest absolute Gasteiger partial charge is 0.487 e. The maximum Gasteiger partial charge on any atom is 0.138 e. The molecule has 0 spiro atoms. The number of hydrogen-bond donors (Lipinski definition) is 1. The predicted octanol–water partition coefficient (Wildman–Crippen LogP) is 2.62. The number of rotatable bonds is 6. The SMILES string of the molecule is Cc1cncc(COc2ccc(CNC3CC3)nc2)c1. The first-order valence-corrected chi connectivity index (χ1v) is 7.01. The van der Waals surface area contributed by atoms with Crippen LogP contribution in [0.2, 0.25) is 0 Å². The van der Waals surface area contributed by atoms with Gasteiger partial charge in [0.15, 0.2) is 0 Å². The van der Waals surface area contributed by atoms with Gasteiger partial charge in [0, 0.05) is 30.5 Å². The molecule has 0 amide bonds. The summed E-state index contributed by atoms with van der Waals surface area (Å²) < 4.78 is 5.72. The Hall–Kier alpha value is -1.94. The number of pyridine rings is 2. The standard InChI is InChI=1S/C16H19N3O/c1-12-6-13(8-17-7-12)11-20-16-5-4-15(19-10-16)9-18-14-2-3-14/h4-8,10,14,18H,2-3,9,11H2,1H3. The number of nitrogens with zero attached hydrogens (tertiary/aromatic N) is 2. The van der Waals surface area contributed by atoms with Crippen LogP contribution in [0, 0.1) is 6.92 Å². The molecular weight excluding hydrogens is 250 g/mol. The van der Waals surface area contributed by atoms with Crippen molar-refractivity contribution < 1.29 is 4.74 Å². The highest BCUT2D eigenvalue weighted by Crippen LogP contribution is 2.19. The number of aryl methyl sites for hydroxylation is 1. The lowest BCUT2D eigenvalue weighted by atomic mass is 10.2. The van der Waals surface area contributed by atoms with Crippen LogP contribution in [0.5, 0.6) is 5.75 Å². The van der Waals surface area contributed by atoms with Crippen molar-refractivity contribution in [3.63, 3.8) is 0 Å². The van der Waals surface area contributed by atoms with Crippen molar-refractivity contribution in [1.82, 2.24) is 15.3 Å². The fourth-order valence-electron chi connectivity index (χ4n) is 2.00. The molecule has 1 fully saturated rings. The van der Waals surface area contributed by atoms with E-state index in [1.54, 1.807) is 6.20 Å². The summed E-state index contributed by atoms with van der Waals surface area (Å²) in [6.45, 7) is 3.39. The summed E-state index contributed by atoms with van der Waals surface area (Å²) in [6, 6.07) is 6.77. The second-order valence-electron chi connectivity index (χ2n) is 5.30. The van der Waals surface area contributed by atoms with Gasteiger partial charge in [0.05, 0.1) is 11.9 Å². The average Bonchev–Trinajstić information content (AvgIpc) is 3.28. The molecule has 0 bridgehead atoms. The van der Waals surface area contributed by atoms with Crippen LogP contribution in [-0.2, 0) is 13.2 Å². The molecule has 0 atom stereocenters. The Morgan fingerprint density at radius 2 is 2.15 bits per heavy atom. The monoisotopic (exact) mass is 269 g/mol. The lowest BCUT2D eigenvalue weighted by molar-refractivity contribution is 0.304. The Balaban J connectivity index is 1.52. The van der Waals surface area contributed by atoms with Crippen molar-refractivity contribution in [3.05, 3.63) is 53.6 Å². The lowest BCUT2D eigenvalue weighted by Gasteiger charge is -2.07. The van der Waals surface area contributed by atoms with Crippen molar-refractivity contribution in [2.24, 2.45) is 0 Å². The minimum Gasteiger partial charge on any atom is -0.487 e. The van der Waals surface area contributed by atoms with E-state index in [1.165, 1.54) is 12.8 Å². The van der Waals surface area contributed by atoms with E-state index in [2.05, 4.69) is 21.4 Å². The molecule has 104 valence electrons. The zero-order valence-electron chi connectivity index (χ0n) is 11.7. The highest BCUT2D eigenvalue weighted by atomic mass is 16.5. The maximum absolute atomic E-state index is 5.72. The normalized spacial score (nSPS) is 14.2. The smallest absolute Gasteiger partial charge is 0.138 e. The summed E-state index contributed by atoms with van der Waals surface area (Å²) >= 11 is 0. The van der Waals surface area contributed by atoms with Crippen LogP contribution in [0.1, 0.15) is 29.7 Å². The Bertz CT molecular complexity index is 564. The second kappa shape index (κ2) is 6.01. The number of aromatic nitrogens is 2. The first kappa shape index (κ1) is 13.1. The van der Waals surface area contributed by atoms with E-state index >= 15 is 0 Å². The highest BCUT2D eigenvalue weighted by molar-refractivity contribution is 5.21. The fraction of sp³-hybridized carbons (Fsp3) is 0.375. The van der Waals surface area contributed by atoms with Gasteiger partial charge in [-0.05, 0) is 43.5 Å². The second-order valence-corrected chi connectivity index (χ2v) is 5.30. The summed E-state index contributed by atoms with van der Waals surface area (Å²) in [5, 5.41) is 3.44. The minimum absolute atomic E-state index is 0.524. The molecule has 0 aliphatic heterocycles. The summed E-state index contributed by atoms with van der Waals surface area (Å²) in [5.74, 6) is 0.793. The molecule has 2 heterocycles. The third-order valence-electron chi connectivity index (χ3n) is 3.28. The van der Waals surface area contributed by atoms with Gasteiger partial charge in [-0.25, -0.2) is 0 Å². The average molecular weight is 269 g/mol. The first-order valence-electron chi connectivity index (χ1n) is 7.01. The molecule has 4 heteroatoms. The van der Waals surface area contributed by atoms with E-state index in [0.717, 1.165) is 29.1 Å². The molecule has 0 unspecified atom stereocenters. The molecule has 20 heavy (non-hydrogen) atoms. The summed E-state index contributed by atoms with van der Waals surface area (Å²) in [6.07, 6.45) is 8.05. The molecule has 1 aliphatic carbocycles. The quantitative estimate of drug-likeness (QED) is 0.875. The molecule has 2 aromatic heterocycles. The number of hydrogen-bond acceptors (Lipinski definition) is 4. The molecule has 1 saturated carbocycles. The Morgan fingerprint density at radius 3 is 2.85 bits per heavy atom. The summed E-state index contributed by atoms with van der Waals surface area (Å²) in [4.78, 5) is 8.56. The molecule has 1 aliphatic rings. The minimum atomic E-state index is 0.524. The molecule has 1 N–H and O–H groups in total. The molecule has 0 radical (unpaired) electrons. The molecule has 0 aromatic carbocycles. The van der Waals surface area contributed by atoms with Crippen LogP contribution < -0.4 is 10.1 Å². The fourth-order valence-corrected chi connectivity index (χ4v) is 2.00. The van der Waals surface area contributed by atoms with E-state index in [-0.39, 0.29) is 0 Å². The van der Waals surface area contributed by atoms with Crippen LogP contribution in [-0.4, -0.2) is 16.0 Å². The van der Waals surface area contributed by atoms with E-state index in [1.807, 2.05) is 31.5 Å². The third kappa shape index (κ3) is 3.78. The van der Waals surface area contributed by atoms with Crippen LogP contribution in [0.3, 0.4) is 0 Å². The first-order chi connectivity index (χ1) is 9.79. The van der Waals surface area contributed by atoms with Crippen LogP contribution in [0.25, 0.3) is 0 Å². The number of ether oxygens (including phenoxy) is 1. The summed E-state index contributed by atoms with van der Waals surface area (Å²) in [5.41, 5.74) is 3.27. The van der Waals surface area contributed by atoms with Crippen molar-refractivity contribution in [1.29, 1.82) is 0 Å². The van der Waals surface area contributed by atoms with Gasteiger partial charge in [-0.2, -0.15) is 0 Å². The Kier molecular flexibility index (Phi) is 3.92. The zero-order chi connectivity index (χ0) is 13.8. The van der Waals surface area contributed by atoms with Crippen LogP contribution in [0.15, 0.2) is 36.8 Å². The Labute approximate surface area is 119 Å². The van der Waals surface area contributed by atoms with E-state index in [4.69, 9.17) is 4.74 Å². The van der Waals surface area contributed by atoms with Crippen molar-refractivity contribution in [2.75, 3.05) is 0 Å². The zero-order valence-corrected chi connectivity index (χ0v) is 11.7. The molecule has 4 nitrogen and oxygen atoms in total. The molecule has 2 aromatic rings. The lowest BCUT2D eigenvalue weighted by Crippen LogP contribution is -2.16. The van der Waals surface area contributed by atoms with Crippen molar-refractivity contribution >= 4 is 0 Å². The van der Waals surface area contributed by atoms with Crippen molar-refractivity contribution in [2.45, 2.75) is 39.0 Å². The van der Waals surface area contributed by atoms with Crippen molar-refractivity contribution in [3.8, 4) is 5.75 Å². The van der Waals surface area contributed by atoms with Gasteiger partial charge in [0.2, 0.25) is 0 Å². The summed E-state index contributed by atoms with van der Waals surface area (Å²) in [7, 11) is 0. The van der Waals surface area contributed by atoms with E-state index < -0.39 is 0 Å². The van der Waals surface area contributed by atoms with Gasteiger partial charge in [0.1, 0.15) is 12.4 Å². The van der Waals surface area contributed by atoms with Gasteiger partial charge >= 0.3 is 0 Å². The number of nitrogens with one attached hydrogen (secondary N) is 1. The van der Waals surface area contributed by atoms with Gasteiger partial charge in [-0.1, -0.05) is 0 Å². The van der Waals surface area contributed by atoms with Gasteiger partial charge < -0.3 is 10.1 Å². The maximum atomic E-state index is 5.72. The van der Waals surface area contributed by atoms with Crippen LogP contribution >= 0.6 is 0 Å². The Morgan fingerprint density at radius 1 is 1.25 bits per heavy atom. The van der Waals surface area contributed by atoms with Gasteiger partial charge in [-0.3, -0.25) is 9.97 Å². The predicted molar refractivity (Wildman–Crippen MR) is 77.4 cm³/mol. The van der Waals surface area contributed by atoms with Gasteiger partial charge in [0.25, 0.3) is 0 Å². The highest BCUT2D eigenvalue weighted by Gasteiger charge is 2.19. The molecular formula is C16H19N3O.